The van der Waals surface area contributed by atoms with Gasteiger partial charge in [0.15, 0.2) is 0 Å². The van der Waals surface area contributed by atoms with Gasteiger partial charge in [0.2, 0.25) is 5.91 Å². The Balaban J connectivity index is 1.65. The molecular weight excluding hydrogens is 352 g/mol. The Kier molecular flexibility index (Phi) is 5.68. The summed E-state index contributed by atoms with van der Waals surface area (Å²) in [6.07, 6.45) is 1.35. The van der Waals surface area contributed by atoms with Crippen LogP contribution in [0.1, 0.15) is 34.0 Å². The Bertz CT molecular complexity index is 776. The SMILES string of the molecule is O=C(O)C(CNC(=O)C1CCCN1C(=O)c1cccs1)c1ccccc1. The summed E-state index contributed by atoms with van der Waals surface area (Å²) in [5.74, 6) is -2.25. The Morgan fingerprint density at radius 1 is 1.19 bits per heavy atom. The summed E-state index contributed by atoms with van der Waals surface area (Å²) >= 11 is 1.35. The molecule has 0 aliphatic carbocycles. The van der Waals surface area contributed by atoms with Crippen molar-refractivity contribution in [3.8, 4) is 0 Å². The molecular formula is C19H20N2O4S. The molecule has 3 rings (SSSR count). The fourth-order valence-corrected chi connectivity index (χ4v) is 3.86. The lowest BCUT2D eigenvalue weighted by Gasteiger charge is -2.24. The molecule has 0 bridgehead atoms. The topological polar surface area (TPSA) is 86.7 Å². The molecule has 1 aromatic heterocycles. The monoisotopic (exact) mass is 372 g/mol. The Labute approximate surface area is 155 Å². The molecule has 1 fully saturated rings. The molecule has 2 N–H and O–H groups in total. The summed E-state index contributed by atoms with van der Waals surface area (Å²) < 4.78 is 0. The van der Waals surface area contributed by atoms with Crippen molar-refractivity contribution in [2.24, 2.45) is 0 Å². The van der Waals surface area contributed by atoms with E-state index in [9.17, 15) is 19.5 Å². The molecule has 2 unspecified atom stereocenters. The summed E-state index contributed by atoms with van der Waals surface area (Å²) in [6, 6.07) is 11.8. The number of hydrogen-bond donors (Lipinski definition) is 2. The van der Waals surface area contributed by atoms with Crippen LogP contribution in [-0.4, -0.2) is 46.9 Å². The maximum absolute atomic E-state index is 12.6. The number of nitrogens with zero attached hydrogens (tertiary/aromatic N) is 1. The van der Waals surface area contributed by atoms with E-state index in [0.29, 0.717) is 23.4 Å². The fourth-order valence-electron chi connectivity index (χ4n) is 3.18. The van der Waals surface area contributed by atoms with Crippen LogP contribution in [0, 0.1) is 0 Å². The summed E-state index contributed by atoms with van der Waals surface area (Å²) in [5.41, 5.74) is 0.637. The van der Waals surface area contributed by atoms with Crippen molar-refractivity contribution in [1.29, 1.82) is 0 Å². The second kappa shape index (κ2) is 8.14. The zero-order valence-electron chi connectivity index (χ0n) is 14.1. The molecule has 0 saturated carbocycles. The van der Waals surface area contributed by atoms with Crippen LogP contribution in [0.3, 0.4) is 0 Å². The van der Waals surface area contributed by atoms with Crippen molar-refractivity contribution in [2.45, 2.75) is 24.8 Å². The molecule has 0 radical (unpaired) electrons. The van der Waals surface area contributed by atoms with Crippen molar-refractivity contribution in [3.63, 3.8) is 0 Å². The number of hydrogen-bond acceptors (Lipinski definition) is 4. The number of thiophene rings is 1. The predicted octanol–water partition coefficient (Wildman–Crippen LogP) is 2.34. The number of carboxylic acids is 1. The predicted molar refractivity (Wildman–Crippen MR) is 98.2 cm³/mol. The number of rotatable bonds is 6. The normalized spacial score (nSPS) is 17.7. The minimum atomic E-state index is -0.991. The molecule has 26 heavy (non-hydrogen) atoms. The number of likely N-dealkylation sites (tertiary alicyclic amines) is 1. The van der Waals surface area contributed by atoms with Gasteiger partial charge >= 0.3 is 5.97 Å². The van der Waals surface area contributed by atoms with Gasteiger partial charge in [0.05, 0.1) is 10.8 Å². The van der Waals surface area contributed by atoms with Gasteiger partial charge in [0, 0.05) is 13.1 Å². The zero-order chi connectivity index (χ0) is 18.5. The van der Waals surface area contributed by atoms with Crippen LogP contribution in [0.15, 0.2) is 47.8 Å². The summed E-state index contributed by atoms with van der Waals surface area (Å²) in [6.45, 7) is 0.533. The highest BCUT2D eigenvalue weighted by atomic mass is 32.1. The standard InChI is InChI=1S/C19H20N2O4S/c22-17(20-12-14(19(24)25)13-6-2-1-3-7-13)15-8-4-10-21(15)18(23)16-9-5-11-26-16/h1-3,5-7,9,11,14-15H,4,8,10,12H2,(H,20,22)(H,24,25). The number of carboxylic acid groups (broad SMARTS) is 1. The molecule has 136 valence electrons. The maximum atomic E-state index is 12.6. The molecule has 2 atom stereocenters. The van der Waals surface area contributed by atoms with Gasteiger partial charge in [0.25, 0.3) is 5.91 Å². The summed E-state index contributed by atoms with van der Waals surface area (Å²) in [5, 5.41) is 14.0. The van der Waals surface area contributed by atoms with Crippen LogP contribution in [0.25, 0.3) is 0 Å². The van der Waals surface area contributed by atoms with E-state index in [4.69, 9.17) is 0 Å². The van der Waals surface area contributed by atoms with E-state index in [1.54, 1.807) is 41.3 Å². The quantitative estimate of drug-likeness (QED) is 0.815. The van der Waals surface area contributed by atoms with Gasteiger partial charge in [-0.1, -0.05) is 36.4 Å². The third kappa shape index (κ3) is 3.94. The average molecular weight is 372 g/mol. The lowest BCUT2D eigenvalue weighted by atomic mass is 9.99. The number of nitrogens with one attached hydrogen (secondary N) is 1. The fraction of sp³-hybridized carbons (Fsp3) is 0.316. The third-order valence-corrected chi connectivity index (χ3v) is 5.39. The summed E-state index contributed by atoms with van der Waals surface area (Å²) in [7, 11) is 0. The van der Waals surface area contributed by atoms with Crippen LogP contribution >= 0.6 is 11.3 Å². The van der Waals surface area contributed by atoms with Crippen molar-refractivity contribution in [2.75, 3.05) is 13.1 Å². The molecule has 6 nitrogen and oxygen atoms in total. The molecule has 7 heteroatoms. The van der Waals surface area contributed by atoms with Gasteiger partial charge in [0.1, 0.15) is 6.04 Å². The van der Waals surface area contributed by atoms with E-state index >= 15 is 0 Å². The van der Waals surface area contributed by atoms with Crippen LogP contribution in [0.2, 0.25) is 0 Å². The largest absolute Gasteiger partial charge is 0.481 e. The number of amides is 2. The number of benzene rings is 1. The Morgan fingerprint density at radius 3 is 2.62 bits per heavy atom. The van der Waals surface area contributed by atoms with E-state index in [0.717, 1.165) is 6.42 Å². The highest BCUT2D eigenvalue weighted by Gasteiger charge is 2.35. The van der Waals surface area contributed by atoms with Crippen LogP contribution in [0.4, 0.5) is 0 Å². The van der Waals surface area contributed by atoms with E-state index in [1.165, 1.54) is 11.3 Å². The minimum absolute atomic E-state index is 0.00425. The maximum Gasteiger partial charge on any atom is 0.312 e. The molecule has 2 aromatic rings. The number of aliphatic carboxylic acids is 1. The van der Waals surface area contributed by atoms with Crippen LogP contribution in [-0.2, 0) is 9.59 Å². The molecule has 1 aromatic carbocycles. The van der Waals surface area contributed by atoms with Crippen LogP contribution < -0.4 is 5.32 Å². The van der Waals surface area contributed by atoms with Gasteiger partial charge in [-0.15, -0.1) is 11.3 Å². The van der Waals surface area contributed by atoms with Crippen molar-refractivity contribution >= 4 is 29.1 Å². The third-order valence-electron chi connectivity index (χ3n) is 4.53. The van der Waals surface area contributed by atoms with Gasteiger partial charge < -0.3 is 15.3 Å². The summed E-state index contributed by atoms with van der Waals surface area (Å²) in [4.78, 5) is 38.9. The van der Waals surface area contributed by atoms with Crippen LogP contribution in [0.5, 0.6) is 0 Å². The first-order chi connectivity index (χ1) is 12.6. The molecule has 2 amide bonds. The molecule has 0 spiro atoms. The molecule has 1 aliphatic heterocycles. The van der Waals surface area contributed by atoms with E-state index < -0.39 is 17.9 Å². The average Bonchev–Trinajstić information content (AvgIpc) is 3.33. The first-order valence-electron chi connectivity index (χ1n) is 8.48. The van der Waals surface area contributed by atoms with Gasteiger partial charge in [-0.25, -0.2) is 0 Å². The van der Waals surface area contributed by atoms with Crippen molar-refractivity contribution < 1.29 is 19.5 Å². The number of carbonyl (C=O) groups excluding carboxylic acids is 2. The number of carbonyl (C=O) groups is 3. The second-order valence-electron chi connectivity index (χ2n) is 6.18. The first-order valence-corrected chi connectivity index (χ1v) is 9.36. The molecule has 1 saturated heterocycles. The first kappa shape index (κ1) is 18.1. The Morgan fingerprint density at radius 2 is 1.96 bits per heavy atom. The highest BCUT2D eigenvalue weighted by molar-refractivity contribution is 7.12. The smallest absolute Gasteiger partial charge is 0.312 e. The van der Waals surface area contributed by atoms with Gasteiger partial charge in [-0.05, 0) is 29.9 Å². The second-order valence-corrected chi connectivity index (χ2v) is 7.13. The zero-order valence-corrected chi connectivity index (χ0v) is 14.9. The highest BCUT2D eigenvalue weighted by Crippen LogP contribution is 2.23. The lowest BCUT2D eigenvalue weighted by molar-refractivity contribution is -0.138. The lowest BCUT2D eigenvalue weighted by Crippen LogP contribution is -2.47. The van der Waals surface area contributed by atoms with Gasteiger partial charge in [-0.2, -0.15) is 0 Å². The van der Waals surface area contributed by atoms with E-state index in [2.05, 4.69) is 5.32 Å². The molecule has 2 heterocycles. The van der Waals surface area contributed by atoms with Crippen molar-refractivity contribution in [3.05, 3.63) is 58.3 Å². The molecule has 1 aliphatic rings. The van der Waals surface area contributed by atoms with E-state index in [-0.39, 0.29) is 18.4 Å². The van der Waals surface area contributed by atoms with Gasteiger partial charge in [-0.3, -0.25) is 14.4 Å². The van der Waals surface area contributed by atoms with Crippen molar-refractivity contribution in [1.82, 2.24) is 10.2 Å². The van der Waals surface area contributed by atoms with E-state index in [1.807, 2.05) is 11.4 Å². The Hall–Kier alpha value is -2.67. The minimum Gasteiger partial charge on any atom is -0.481 e.